The number of allylic oxidation sites excluding steroid dienone is 1. The summed E-state index contributed by atoms with van der Waals surface area (Å²) in [6.07, 6.45) is 8.66. The predicted molar refractivity (Wildman–Crippen MR) is 98.1 cm³/mol. The topological polar surface area (TPSA) is 72.0 Å². The van der Waals surface area contributed by atoms with Gasteiger partial charge in [-0.1, -0.05) is 19.1 Å². The summed E-state index contributed by atoms with van der Waals surface area (Å²) < 4.78 is 5.83. The molecule has 4 aliphatic rings. The number of hydrogen-bond acceptors (Lipinski definition) is 3. The van der Waals surface area contributed by atoms with Gasteiger partial charge in [0.25, 0.3) is 5.91 Å². The molecule has 2 saturated heterocycles. The molecule has 0 radical (unpaired) electrons. The lowest BCUT2D eigenvalue weighted by molar-refractivity contribution is -0.681. The van der Waals surface area contributed by atoms with Crippen LogP contribution >= 0.6 is 0 Å². The summed E-state index contributed by atoms with van der Waals surface area (Å²) in [5.41, 5.74) is 1.62. The average Bonchev–Trinajstić information content (AvgIpc) is 2.74. The minimum Gasteiger partial charge on any atom is -0.462 e. The molecule has 2 aliphatic heterocycles. The summed E-state index contributed by atoms with van der Waals surface area (Å²) in [6.45, 7) is 8.17. The third kappa shape index (κ3) is 3.19. The van der Waals surface area contributed by atoms with Crippen molar-refractivity contribution in [1.29, 1.82) is 0 Å². The molecular weight excluding hydrogens is 328 g/mol. The second-order valence-electron chi connectivity index (χ2n) is 9.27. The Morgan fingerprint density at radius 2 is 2.15 bits per heavy atom. The number of fused-ring (bicyclic) bond motifs is 2. The van der Waals surface area contributed by atoms with Crippen molar-refractivity contribution in [3.05, 3.63) is 12.2 Å². The molecule has 2 aliphatic carbocycles. The molecule has 0 unspecified atom stereocenters. The van der Waals surface area contributed by atoms with E-state index in [0.29, 0.717) is 18.4 Å². The summed E-state index contributed by atoms with van der Waals surface area (Å²) in [6, 6.07) is -0.0529. The van der Waals surface area contributed by atoms with E-state index < -0.39 is 0 Å². The van der Waals surface area contributed by atoms with Crippen molar-refractivity contribution >= 4 is 11.9 Å². The molecular formula is C21H33N2O3+. The second-order valence-corrected chi connectivity index (χ2v) is 9.27. The minimum atomic E-state index is -0.0738. The summed E-state index contributed by atoms with van der Waals surface area (Å²) in [5, 5.41) is 5.08. The van der Waals surface area contributed by atoms with Gasteiger partial charge in [0.15, 0.2) is 6.04 Å². The summed E-state index contributed by atoms with van der Waals surface area (Å²) in [7, 11) is 0. The van der Waals surface area contributed by atoms with E-state index in [-0.39, 0.29) is 35.4 Å². The molecule has 0 aromatic carbocycles. The number of carbonyl (C=O) groups excluding carboxylic acids is 2. The Balaban J connectivity index is 1.44. The fraction of sp³-hybridized carbons (Fsp3) is 0.810. The molecule has 5 heteroatoms. The van der Waals surface area contributed by atoms with Crippen LogP contribution in [0.4, 0.5) is 0 Å². The molecule has 6 atom stereocenters. The predicted octanol–water partition coefficient (Wildman–Crippen LogP) is 1.53. The number of quaternary nitrogens is 1. The van der Waals surface area contributed by atoms with Crippen LogP contribution in [-0.4, -0.2) is 37.1 Å². The Bertz CT molecular complexity index is 604. The first-order chi connectivity index (χ1) is 12.5. The van der Waals surface area contributed by atoms with E-state index in [4.69, 9.17) is 4.74 Å². The number of amides is 1. The molecule has 3 N–H and O–H groups in total. The zero-order chi connectivity index (χ0) is 18.3. The summed E-state index contributed by atoms with van der Waals surface area (Å²) in [5.74, 6) is 0.826. The maximum Gasteiger partial charge on any atom is 0.315 e. The van der Waals surface area contributed by atoms with E-state index in [1.807, 2.05) is 0 Å². The van der Waals surface area contributed by atoms with Gasteiger partial charge in [0.2, 0.25) is 0 Å². The zero-order valence-corrected chi connectivity index (χ0v) is 16.0. The highest BCUT2D eigenvalue weighted by Gasteiger charge is 2.55. The van der Waals surface area contributed by atoms with Gasteiger partial charge in [-0.2, -0.15) is 0 Å². The highest BCUT2D eigenvalue weighted by molar-refractivity contribution is 5.80. The van der Waals surface area contributed by atoms with Gasteiger partial charge < -0.3 is 15.4 Å². The largest absolute Gasteiger partial charge is 0.462 e. The standard InChI is InChI=1S/C21H32N2O3/c1-13-6-5-8-21(2)11-18-14(10-16(13)21)15(20(25)26-18)12-23-17-7-3-4-9-22-19(17)24/h14-18,23H,1,3-12H2,2H3,(H,22,24)/p+1/t14-,15-,16-,17+,18+,21-/m0/s1. The van der Waals surface area contributed by atoms with Gasteiger partial charge in [0, 0.05) is 18.9 Å². The van der Waals surface area contributed by atoms with Crippen molar-refractivity contribution < 1.29 is 19.6 Å². The Labute approximate surface area is 156 Å². The number of hydrogen-bond donors (Lipinski definition) is 2. The van der Waals surface area contributed by atoms with Crippen molar-refractivity contribution in [2.24, 2.45) is 23.2 Å². The normalized spacial score (nSPS) is 43.1. The van der Waals surface area contributed by atoms with E-state index in [9.17, 15) is 9.59 Å². The number of esters is 1. The number of rotatable bonds is 3. The number of nitrogens with one attached hydrogen (secondary N) is 1. The Morgan fingerprint density at radius 1 is 1.31 bits per heavy atom. The van der Waals surface area contributed by atoms with E-state index >= 15 is 0 Å². The van der Waals surface area contributed by atoms with Crippen LogP contribution in [-0.2, 0) is 14.3 Å². The monoisotopic (exact) mass is 361 g/mol. The lowest BCUT2D eigenvalue weighted by Gasteiger charge is -2.49. The van der Waals surface area contributed by atoms with Gasteiger partial charge in [0.05, 0.1) is 6.54 Å². The first kappa shape index (κ1) is 18.0. The lowest BCUT2D eigenvalue weighted by atomic mass is 9.55. The van der Waals surface area contributed by atoms with Gasteiger partial charge in [-0.3, -0.25) is 9.59 Å². The van der Waals surface area contributed by atoms with E-state index in [0.717, 1.165) is 45.1 Å². The van der Waals surface area contributed by atoms with Gasteiger partial charge in [-0.15, -0.1) is 0 Å². The number of nitrogens with two attached hydrogens (primary N) is 1. The Kier molecular flexibility index (Phi) is 4.84. The first-order valence-corrected chi connectivity index (χ1v) is 10.5. The van der Waals surface area contributed by atoms with Gasteiger partial charge in [-0.05, 0) is 56.3 Å². The minimum absolute atomic E-state index is 0.0434. The van der Waals surface area contributed by atoms with Crippen molar-refractivity contribution in [1.82, 2.24) is 5.32 Å². The van der Waals surface area contributed by atoms with Crippen molar-refractivity contribution in [3.63, 3.8) is 0 Å². The quantitative estimate of drug-likeness (QED) is 0.592. The SMILES string of the molecule is C=C1CCC[C@@]2(C)C[C@H]3OC(=O)[C@@H](C[NH2+][C@@H]4CCCCNC4=O)[C@@H]3C[C@@H]12. The molecule has 5 nitrogen and oxygen atoms in total. The van der Waals surface area contributed by atoms with Gasteiger partial charge in [-0.25, -0.2) is 0 Å². The molecule has 0 bridgehead atoms. The number of ether oxygens (including phenoxy) is 1. The van der Waals surface area contributed by atoms with Gasteiger partial charge in [0.1, 0.15) is 12.0 Å². The van der Waals surface area contributed by atoms with Crippen molar-refractivity contribution in [2.75, 3.05) is 13.1 Å². The molecule has 2 saturated carbocycles. The fourth-order valence-electron chi connectivity index (χ4n) is 6.02. The van der Waals surface area contributed by atoms with E-state index in [1.165, 1.54) is 18.4 Å². The van der Waals surface area contributed by atoms with E-state index in [1.54, 1.807) is 0 Å². The van der Waals surface area contributed by atoms with E-state index in [2.05, 4.69) is 24.1 Å². The maximum absolute atomic E-state index is 12.6. The molecule has 26 heavy (non-hydrogen) atoms. The van der Waals surface area contributed by atoms with Crippen LogP contribution in [0.15, 0.2) is 12.2 Å². The van der Waals surface area contributed by atoms with Crippen LogP contribution in [0.3, 0.4) is 0 Å². The molecule has 1 amide bonds. The van der Waals surface area contributed by atoms with Crippen LogP contribution < -0.4 is 10.6 Å². The van der Waals surface area contributed by atoms with Crippen LogP contribution in [0, 0.1) is 23.2 Å². The highest BCUT2D eigenvalue weighted by atomic mass is 16.6. The molecule has 144 valence electrons. The summed E-state index contributed by atoms with van der Waals surface area (Å²) >= 11 is 0. The lowest BCUT2D eigenvalue weighted by Crippen LogP contribution is -2.94. The van der Waals surface area contributed by atoms with Crippen LogP contribution in [0.25, 0.3) is 0 Å². The third-order valence-electron chi connectivity index (χ3n) is 7.57. The smallest absolute Gasteiger partial charge is 0.315 e. The van der Waals surface area contributed by atoms with Crippen molar-refractivity contribution in [3.8, 4) is 0 Å². The molecule has 0 aromatic rings. The molecule has 0 spiro atoms. The van der Waals surface area contributed by atoms with Crippen LogP contribution in [0.2, 0.25) is 0 Å². The molecule has 4 rings (SSSR count). The third-order valence-corrected chi connectivity index (χ3v) is 7.57. The van der Waals surface area contributed by atoms with Crippen LogP contribution in [0.5, 0.6) is 0 Å². The number of carbonyl (C=O) groups is 2. The molecule has 0 aromatic heterocycles. The molecule has 4 fully saturated rings. The Hall–Kier alpha value is -1.36. The summed E-state index contributed by atoms with van der Waals surface area (Å²) in [4.78, 5) is 24.8. The van der Waals surface area contributed by atoms with Crippen molar-refractivity contribution in [2.45, 2.75) is 70.4 Å². The van der Waals surface area contributed by atoms with Crippen LogP contribution in [0.1, 0.15) is 58.3 Å². The van der Waals surface area contributed by atoms with Gasteiger partial charge >= 0.3 is 5.97 Å². The Morgan fingerprint density at radius 3 is 3.00 bits per heavy atom. The average molecular weight is 362 g/mol. The molecule has 2 heterocycles. The highest BCUT2D eigenvalue weighted by Crippen LogP contribution is 2.56. The first-order valence-electron chi connectivity index (χ1n) is 10.5. The maximum atomic E-state index is 12.6. The second kappa shape index (κ2) is 6.99. The fourth-order valence-corrected chi connectivity index (χ4v) is 6.02. The zero-order valence-electron chi connectivity index (χ0n) is 16.0.